The molecule has 0 bridgehead atoms. The molecule has 0 aromatic carbocycles. The van der Waals surface area contributed by atoms with Gasteiger partial charge in [0.2, 0.25) is 5.91 Å². The van der Waals surface area contributed by atoms with Crippen LogP contribution in [-0.2, 0) is 11.8 Å². The van der Waals surface area contributed by atoms with Crippen LogP contribution in [0.5, 0.6) is 0 Å². The van der Waals surface area contributed by atoms with Gasteiger partial charge in [-0.05, 0) is 12.1 Å². The van der Waals surface area contributed by atoms with Crippen LogP contribution in [-0.4, -0.2) is 20.7 Å². The van der Waals surface area contributed by atoms with Crippen LogP contribution >= 0.6 is 0 Å². The number of rotatable bonds is 3. The lowest BCUT2D eigenvalue weighted by Gasteiger charge is -2.06. The fraction of sp³-hybridized carbons (Fsp3) is 0.308. The van der Waals surface area contributed by atoms with Gasteiger partial charge in [0.05, 0.1) is 5.69 Å². The number of hydrogen-bond acceptors (Lipinski definition) is 3. The van der Waals surface area contributed by atoms with E-state index in [0.29, 0.717) is 5.82 Å². The van der Waals surface area contributed by atoms with Crippen molar-refractivity contribution >= 4 is 11.7 Å². The molecule has 2 aromatic heterocycles. The number of amides is 1. The molecule has 0 saturated heterocycles. The van der Waals surface area contributed by atoms with E-state index in [-0.39, 0.29) is 11.8 Å². The molecule has 1 amide bonds. The number of anilines is 1. The molecule has 0 saturated carbocycles. The van der Waals surface area contributed by atoms with E-state index in [2.05, 4.69) is 15.4 Å². The minimum Gasteiger partial charge on any atom is -0.311 e. The predicted octanol–water partition coefficient (Wildman–Crippen LogP) is 2.08. The maximum atomic E-state index is 11.6. The van der Waals surface area contributed by atoms with Crippen LogP contribution in [0, 0.1) is 5.92 Å². The summed E-state index contributed by atoms with van der Waals surface area (Å²) in [4.78, 5) is 15.7. The first-order valence-electron chi connectivity index (χ1n) is 5.83. The lowest BCUT2D eigenvalue weighted by Crippen LogP contribution is -2.19. The summed E-state index contributed by atoms with van der Waals surface area (Å²) in [5, 5.41) is 7.20. The molecule has 18 heavy (non-hydrogen) atoms. The highest BCUT2D eigenvalue weighted by Gasteiger charge is 2.12. The molecule has 0 aliphatic carbocycles. The normalized spacial score (nSPS) is 10.7. The van der Waals surface area contributed by atoms with Gasteiger partial charge in [-0.25, -0.2) is 0 Å². The molecule has 2 rings (SSSR count). The van der Waals surface area contributed by atoms with Gasteiger partial charge in [0.15, 0.2) is 0 Å². The summed E-state index contributed by atoms with van der Waals surface area (Å²) in [5.41, 5.74) is 1.72. The molecule has 0 fully saturated rings. The second kappa shape index (κ2) is 5.00. The van der Waals surface area contributed by atoms with Gasteiger partial charge in [0.1, 0.15) is 5.82 Å². The van der Waals surface area contributed by atoms with Gasteiger partial charge in [0.25, 0.3) is 0 Å². The monoisotopic (exact) mass is 244 g/mol. The third kappa shape index (κ3) is 2.56. The van der Waals surface area contributed by atoms with Crippen molar-refractivity contribution in [3.63, 3.8) is 0 Å². The van der Waals surface area contributed by atoms with Gasteiger partial charge in [-0.1, -0.05) is 13.8 Å². The van der Waals surface area contributed by atoms with Gasteiger partial charge < -0.3 is 5.32 Å². The van der Waals surface area contributed by atoms with Crippen LogP contribution in [0.3, 0.4) is 0 Å². The summed E-state index contributed by atoms with van der Waals surface area (Å²) < 4.78 is 1.66. The zero-order valence-electron chi connectivity index (χ0n) is 10.7. The molecule has 0 spiro atoms. The minimum absolute atomic E-state index is 0.0178. The van der Waals surface area contributed by atoms with Gasteiger partial charge in [-0.3, -0.25) is 14.5 Å². The van der Waals surface area contributed by atoms with Crippen molar-refractivity contribution in [2.24, 2.45) is 13.0 Å². The highest BCUT2D eigenvalue weighted by atomic mass is 16.1. The number of nitrogens with zero attached hydrogens (tertiary/aromatic N) is 3. The van der Waals surface area contributed by atoms with E-state index in [1.165, 1.54) is 0 Å². The number of carbonyl (C=O) groups excluding carboxylic acids is 1. The smallest absolute Gasteiger partial charge is 0.228 e. The summed E-state index contributed by atoms with van der Waals surface area (Å²) in [6.45, 7) is 3.71. The molecule has 5 nitrogen and oxygen atoms in total. The van der Waals surface area contributed by atoms with E-state index < -0.39 is 0 Å². The zero-order valence-corrected chi connectivity index (χ0v) is 10.7. The lowest BCUT2D eigenvalue weighted by atomic mass is 10.2. The van der Waals surface area contributed by atoms with Crippen molar-refractivity contribution in [1.82, 2.24) is 14.8 Å². The molecule has 0 unspecified atom stereocenters. The number of nitrogens with one attached hydrogen (secondary N) is 1. The molecule has 0 aliphatic heterocycles. The van der Waals surface area contributed by atoms with E-state index >= 15 is 0 Å². The Morgan fingerprint density at radius 2 is 2.22 bits per heavy atom. The number of carbonyl (C=O) groups is 1. The Morgan fingerprint density at radius 1 is 1.44 bits per heavy atom. The fourth-order valence-corrected chi connectivity index (χ4v) is 1.51. The standard InChI is InChI=1S/C13H16N4O/c1-9(2)13(18)15-12-7-11(16-17(12)3)10-5-4-6-14-8-10/h4-9H,1-3H3,(H,15,18). The molecule has 94 valence electrons. The van der Waals surface area contributed by atoms with Gasteiger partial charge in [-0.15, -0.1) is 0 Å². The molecule has 5 heteroatoms. The SMILES string of the molecule is CC(C)C(=O)Nc1cc(-c2cccnc2)nn1C. The summed E-state index contributed by atoms with van der Waals surface area (Å²) >= 11 is 0. The number of pyridine rings is 1. The first-order chi connectivity index (χ1) is 8.58. The summed E-state index contributed by atoms with van der Waals surface area (Å²) in [5.74, 6) is 0.616. The second-order valence-electron chi connectivity index (χ2n) is 4.42. The van der Waals surface area contributed by atoms with Crippen LogP contribution < -0.4 is 5.32 Å². The van der Waals surface area contributed by atoms with Crippen LogP contribution in [0.2, 0.25) is 0 Å². The Morgan fingerprint density at radius 3 is 2.83 bits per heavy atom. The van der Waals surface area contributed by atoms with Crippen molar-refractivity contribution in [3.05, 3.63) is 30.6 Å². The van der Waals surface area contributed by atoms with Crippen molar-refractivity contribution in [1.29, 1.82) is 0 Å². The average molecular weight is 244 g/mol. The molecule has 0 aliphatic rings. The maximum absolute atomic E-state index is 11.6. The summed E-state index contributed by atoms with van der Waals surface area (Å²) in [6.07, 6.45) is 3.46. The molecule has 0 atom stereocenters. The largest absolute Gasteiger partial charge is 0.311 e. The van der Waals surface area contributed by atoms with Crippen LogP contribution in [0.15, 0.2) is 30.6 Å². The highest BCUT2D eigenvalue weighted by molar-refractivity contribution is 5.91. The van der Waals surface area contributed by atoms with Crippen molar-refractivity contribution in [2.75, 3.05) is 5.32 Å². The number of aryl methyl sites for hydroxylation is 1. The average Bonchev–Trinajstić information content (AvgIpc) is 2.72. The molecule has 0 radical (unpaired) electrons. The van der Waals surface area contributed by atoms with E-state index in [4.69, 9.17) is 0 Å². The Balaban J connectivity index is 2.25. The van der Waals surface area contributed by atoms with Crippen molar-refractivity contribution in [2.45, 2.75) is 13.8 Å². The third-order valence-electron chi connectivity index (χ3n) is 2.61. The first-order valence-corrected chi connectivity index (χ1v) is 5.83. The van der Waals surface area contributed by atoms with Crippen LogP contribution in [0.1, 0.15) is 13.8 Å². The highest BCUT2D eigenvalue weighted by Crippen LogP contribution is 2.20. The van der Waals surface area contributed by atoms with Gasteiger partial charge in [0, 0.05) is 37.0 Å². The van der Waals surface area contributed by atoms with Gasteiger partial charge in [-0.2, -0.15) is 5.10 Å². The van der Waals surface area contributed by atoms with Gasteiger partial charge >= 0.3 is 0 Å². The number of aromatic nitrogens is 3. The molecular formula is C13H16N4O. The summed E-state index contributed by atoms with van der Waals surface area (Å²) in [7, 11) is 1.80. The summed E-state index contributed by atoms with van der Waals surface area (Å²) in [6, 6.07) is 5.64. The third-order valence-corrected chi connectivity index (χ3v) is 2.61. The lowest BCUT2D eigenvalue weighted by molar-refractivity contribution is -0.118. The first kappa shape index (κ1) is 12.3. The quantitative estimate of drug-likeness (QED) is 0.899. The van der Waals surface area contributed by atoms with Crippen molar-refractivity contribution in [3.8, 4) is 11.3 Å². The molecule has 2 aromatic rings. The Kier molecular flexibility index (Phi) is 3.41. The predicted molar refractivity (Wildman–Crippen MR) is 69.9 cm³/mol. The Hall–Kier alpha value is -2.17. The Labute approximate surface area is 106 Å². The number of hydrogen-bond donors (Lipinski definition) is 1. The van der Waals surface area contributed by atoms with Crippen molar-refractivity contribution < 1.29 is 4.79 Å². The van der Waals surface area contributed by atoms with E-state index in [0.717, 1.165) is 11.3 Å². The topological polar surface area (TPSA) is 59.8 Å². The zero-order chi connectivity index (χ0) is 13.1. The van der Waals surface area contributed by atoms with E-state index in [1.807, 2.05) is 32.0 Å². The van der Waals surface area contributed by atoms with Crippen LogP contribution in [0.25, 0.3) is 11.3 Å². The minimum atomic E-state index is -0.0539. The second-order valence-corrected chi connectivity index (χ2v) is 4.42. The Bertz CT molecular complexity index is 545. The molecular weight excluding hydrogens is 228 g/mol. The maximum Gasteiger partial charge on any atom is 0.228 e. The molecule has 1 N–H and O–H groups in total. The van der Waals surface area contributed by atoms with E-state index in [1.54, 1.807) is 24.1 Å². The molecule has 2 heterocycles. The van der Waals surface area contributed by atoms with E-state index in [9.17, 15) is 4.79 Å². The van der Waals surface area contributed by atoms with Crippen LogP contribution in [0.4, 0.5) is 5.82 Å². The fourth-order valence-electron chi connectivity index (χ4n) is 1.51.